The Hall–Kier alpha value is -2.25. The molecule has 4 unspecified atom stereocenters. The number of amides is 1. The molecule has 2 aliphatic heterocycles. The Bertz CT molecular complexity index is 1150. The molecule has 4 fully saturated rings. The highest BCUT2D eigenvalue weighted by molar-refractivity contribution is 5.93. The summed E-state index contributed by atoms with van der Waals surface area (Å²) in [5, 5.41) is 1.09. The van der Waals surface area contributed by atoms with Gasteiger partial charge in [-0.1, -0.05) is 44.2 Å². The summed E-state index contributed by atoms with van der Waals surface area (Å²) in [6.45, 7) is 0. The lowest BCUT2D eigenvalue weighted by molar-refractivity contribution is -0.0762. The number of nitrogens with zero attached hydrogens (tertiary/aromatic N) is 4. The summed E-state index contributed by atoms with van der Waals surface area (Å²) in [4.78, 5) is 39.3. The average molecular weight is 493 g/mol. The molecule has 2 aromatic rings. The van der Waals surface area contributed by atoms with Crippen LogP contribution in [0.2, 0.25) is 0 Å². The summed E-state index contributed by atoms with van der Waals surface area (Å²) >= 11 is 0. The van der Waals surface area contributed by atoms with E-state index in [1.165, 1.54) is 78.4 Å². The van der Waals surface area contributed by atoms with Gasteiger partial charge in [-0.2, -0.15) is 0 Å². The Kier molecular flexibility index (Phi) is 6.63. The Morgan fingerprint density at radius 1 is 0.889 bits per heavy atom. The second-order valence-corrected chi connectivity index (χ2v) is 11.8. The third kappa shape index (κ3) is 4.28. The normalized spacial score (nSPS) is 32.7. The number of piperidine rings is 2. The zero-order chi connectivity index (χ0) is 24.8. The van der Waals surface area contributed by atoms with Crippen LogP contribution in [-0.4, -0.2) is 57.7 Å². The van der Waals surface area contributed by atoms with Crippen LogP contribution in [0.3, 0.4) is 0 Å². The van der Waals surface area contributed by atoms with Gasteiger partial charge in [-0.15, -0.1) is 0 Å². The van der Waals surface area contributed by atoms with Crippen molar-refractivity contribution < 1.29 is 9.63 Å². The van der Waals surface area contributed by atoms with Crippen molar-refractivity contribution in [2.24, 2.45) is 11.8 Å². The summed E-state index contributed by atoms with van der Waals surface area (Å²) in [6, 6.07) is 9.59. The van der Waals surface area contributed by atoms with Crippen LogP contribution < -0.4 is 5.56 Å². The molecule has 2 aliphatic carbocycles. The lowest BCUT2D eigenvalue weighted by atomic mass is 9.73. The monoisotopic (exact) mass is 492 g/mol. The first-order valence-corrected chi connectivity index (χ1v) is 14.1. The lowest BCUT2D eigenvalue weighted by Crippen LogP contribution is -2.58. The van der Waals surface area contributed by atoms with E-state index in [2.05, 4.69) is 9.88 Å². The summed E-state index contributed by atoms with van der Waals surface area (Å²) in [5.74, 6) is 1.32. The van der Waals surface area contributed by atoms with Gasteiger partial charge in [0.2, 0.25) is 0 Å². The zero-order valence-corrected chi connectivity index (χ0v) is 21.8. The van der Waals surface area contributed by atoms with Crippen LogP contribution in [-0.2, 0) is 4.84 Å². The van der Waals surface area contributed by atoms with E-state index in [-0.39, 0.29) is 17.3 Å². The van der Waals surface area contributed by atoms with Crippen molar-refractivity contribution in [2.45, 2.75) is 101 Å². The molecular formula is C29H40N4O3. The molecule has 1 aromatic carbocycles. The highest BCUT2D eigenvalue weighted by atomic mass is 16.7. The molecule has 3 heterocycles. The number of benzene rings is 1. The molecule has 4 aliphatic rings. The summed E-state index contributed by atoms with van der Waals surface area (Å²) in [6.07, 6.45) is 15.5. The average Bonchev–Trinajstić information content (AvgIpc) is 3.05. The van der Waals surface area contributed by atoms with Gasteiger partial charge in [-0.05, 0) is 68.9 Å². The fourth-order valence-electron chi connectivity index (χ4n) is 8.19. The molecule has 0 radical (unpaired) electrons. The SMILES string of the molecule is CON(C)C(=O)c1nc2ccccc2n(C2CC3CCC[C@H](C2)N3C2CC3CCCCC(C3)C2)c1=O. The number of hydrogen-bond donors (Lipinski definition) is 0. The number of rotatable bonds is 4. The Morgan fingerprint density at radius 2 is 1.56 bits per heavy atom. The summed E-state index contributed by atoms with van der Waals surface area (Å²) < 4.78 is 1.91. The molecule has 7 heteroatoms. The van der Waals surface area contributed by atoms with E-state index in [0.29, 0.717) is 23.6 Å². The third-order valence-corrected chi connectivity index (χ3v) is 9.70. The first-order chi connectivity index (χ1) is 17.5. The maximum Gasteiger partial charge on any atom is 0.301 e. The van der Waals surface area contributed by atoms with Crippen LogP contribution in [0.5, 0.6) is 0 Å². The molecule has 0 N–H and O–H groups in total. The molecule has 2 saturated carbocycles. The van der Waals surface area contributed by atoms with Crippen LogP contribution in [0.1, 0.15) is 93.6 Å². The summed E-state index contributed by atoms with van der Waals surface area (Å²) in [7, 11) is 2.95. The molecule has 7 nitrogen and oxygen atoms in total. The molecule has 0 spiro atoms. The quantitative estimate of drug-likeness (QED) is 0.565. The van der Waals surface area contributed by atoms with Crippen molar-refractivity contribution in [3.63, 3.8) is 0 Å². The molecule has 194 valence electrons. The molecule has 6 rings (SSSR count). The van der Waals surface area contributed by atoms with E-state index in [4.69, 9.17) is 4.84 Å². The van der Waals surface area contributed by atoms with E-state index < -0.39 is 5.91 Å². The van der Waals surface area contributed by atoms with Gasteiger partial charge in [0.1, 0.15) is 0 Å². The van der Waals surface area contributed by atoms with Gasteiger partial charge in [0.05, 0.1) is 18.1 Å². The second kappa shape index (κ2) is 9.90. The highest BCUT2D eigenvalue weighted by Gasteiger charge is 2.45. The zero-order valence-electron chi connectivity index (χ0n) is 21.8. The van der Waals surface area contributed by atoms with Crippen molar-refractivity contribution in [3.05, 3.63) is 40.3 Å². The maximum absolute atomic E-state index is 13.8. The largest absolute Gasteiger partial charge is 0.302 e. The van der Waals surface area contributed by atoms with Crippen LogP contribution in [0, 0.1) is 11.8 Å². The number of aromatic nitrogens is 2. The van der Waals surface area contributed by atoms with E-state index in [9.17, 15) is 9.59 Å². The molecular weight excluding hydrogens is 452 g/mol. The van der Waals surface area contributed by atoms with Crippen molar-refractivity contribution in [3.8, 4) is 0 Å². The van der Waals surface area contributed by atoms with Crippen molar-refractivity contribution in [2.75, 3.05) is 14.2 Å². The van der Waals surface area contributed by atoms with E-state index in [0.717, 1.165) is 35.3 Å². The number of fused-ring (bicyclic) bond motifs is 5. The van der Waals surface area contributed by atoms with Crippen LogP contribution >= 0.6 is 0 Å². The first kappa shape index (κ1) is 24.1. The Morgan fingerprint density at radius 3 is 2.22 bits per heavy atom. The van der Waals surface area contributed by atoms with Gasteiger partial charge < -0.3 is 4.57 Å². The standard InChI is InChI=1S/C29H40N4O3/c1-31(36-2)28(34)27-29(35)33(26-13-6-5-12-25(26)30-27)24-17-21-10-7-11-22(18-24)32(21)23-15-19-8-3-4-9-20(14-19)16-23/h5-6,12-13,19-24H,3-4,7-11,14-18H2,1-2H3/t19?,20?,21-,22?,23?,24?/m1/s1. The van der Waals surface area contributed by atoms with Crippen LogP contribution in [0.4, 0.5) is 0 Å². The molecule has 1 amide bonds. The predicted octanol–water partition coefficient (Wildman–Crippen LogP) is 4.95. The Labute approximate surface area is 213 Å². The minimum absolute atomic E-state index is 0.0537. The number of para-hydroxylation sites is 2. The Balaban J connectivity index is 1.34. The van der Waals surface area contributed by atoms with E-state index in [1.54, 1.807) is 0 Å². The van der Waals surface area contributed by atoms with Gasteiger partial charge >= 0.3 is 5.91 Å². The number of carbonyl (C=O) groups is 1. The van der Waals surface area contributed by atoms with Gasteiger partial charge in [-0.25, -0.2) is 10.0 Å². The highest BCUT2D eigenvalue weighted by Crippen LogP contribution is 2.46. The first-order valence-electron chi connectivity index (χ1n) is 14.1. The van der Waals surface area contributed by atoms with Crippen molar-refractivity contribution in [1.82, 2.24) is 19.5 Å². The molecule has 1 aromatic heterocycles. The van der Waals surface area contributed by atoms with Crippen LogP contribution in [0.15, 0.2) is 29.1 Å². The predicted molar refractivity (Wildman–Crippen MR) is 140 cm³/mol. The number of hydroxylamine groups is 2. The number of carbonyl (C=O) groups excluding carboxylic acids is 1. The van der Waals surface area contributed by atoms with Crippen molar-refractivity contribution >= 4 is 16.9 Å². The maximum atomic E-state index is 13.8. The molecule has 5 atom stereocenters. The van der Waals surface area contributed by atoms with Crippen LogP contribution in [0.25, 0.3) is 11.0 Å². The fraction of sp³-hybridized carbons (Fsp3) is 0.690. The minimum atomic E-state index is -0.496. The molecule has 2 saturated heterocycles. The van der Waals surface area contributed by atoms with Gasteiger partial charge in [0.15, 0.2) is 5.69 Å². The van der Waals surface area contributed by atoms with Gasteiger partial charge in [0, 0.05) is 31.2 Å². The lowest BCUT2D eigenvalue weighted by Gasteiger charge is -2.54. The third-order valence-electron chi connectivity index (χ3n) is 9.70. The molecule has 36 heavy (non-hydrogen) atoms. The molecule has 4 bridgehead atoms. The number of hydrogen-bond acceptors (Lipinski definition) is 5. The van der Waals surface area contributed by atoms with Gasteiger partial charge in [0.25, 0.3) is 5.56 Å². The minimum Gasteiger partial charge on any atom is -0.302 e. The van der Waals surface area contributed by atoms with E-state index in [1.807, 2.05) is 28.8 Å². The second-order valence-electron chi connectivity index (χ2n) is 11.8. The topological polar surface area (TPSA) is 67.7 Å². The van der Waals surface area contributed by atoms with Gasteiger partial charge in [-0.3, -0.25) is 19.3 Å². The van der Waals surface area contributed by atoms with Crippen molar-refractivity contribution in [1.29, 1.82) is 0 Å². The smallest absolute Gasteiger partial charge is 0.301 e. The summed E-state index contributed by atoms with van der Waals surface area (Å²) in [5.41, 5.74) is 1.18. The fourth-order valence-corrected chi connectivity index (χ4v) is 8.19. The van der Waals surface area contributed by atoms with E-state index >= 15 is 0 Å².